The van der Waals surface area contributed by atoms with E-state index in [0.717, 1.165) is 67.8 Å². The van der Waals surface area contributed by atoms with Crippen LogP contribution in [0.4, 0.5) is 5.82 Å². The van der Waals surface area contributed by atoms with E-state index in [1.165, 1.54) is 17.3 Å². The minimum Gasteiger partial charge on any atom is -0.493 e. The fraction of sp³-hybridized carbons (Fsp3) is 0.343. The molecule has 1 aliphatic heterocycles. The summed E-state index contributed by atoms with van der Waals surface area (Å²) in [5.74, 6) is 3.61. The van der Waals surface area contributed by atoms with Crippen molar-refractivity contribution in [1.82, 2.24) is 14.9 Å². The number of aromatic nitrogens is 2. The Balaban J connectivity index is 1.11. The summed E-state index contributed by atoms with van der Waals surface area (Å²) in [6.07, 6.45) is 3.98. The van der Waals surface area contributed by atoms with Gasteiger partial charge in [-0.2, -0.15) is 0 Å². The molecule has 44 heavy (non-hydrogen) atoms. The summed E-state index contributed by atoms with van der Waals surface area (Å²) in [6, 6.07) is 26.3. The number of anilines is 1. The number of amides is 1. The monoisotopic (exact) mass is 630 g/mol. The Morgan fingerprint density at radius 2 is 1.61 bits per heavy atom. The molecule has 3 aromatic carbocycles. The van der Waals surface area contributed by atoms with E-state index >= 15 is 0 Å². The highest BCUT2D eigenvalue weighted by Crippen LogP contribution is 2.29. The van der Waals surface area contributed by atoms with Crippen molar-refractivity contribution in [1.29, 1.82) is 0 Å². The van der Waals surface area contributed by atoms with Crippen LogP contribution >= 0.6 is 23.4 Å². The summed E-state index contributed by atoms with van der Waals surface area (Å²) in [5.41, 5.74) is 4.35. The van der Waals surface area contributed by atoms with Crippen LogP contribution in [0.2, 0.25) is 5.15 Å². The number of hydrogen-bond acceptors (Lipinski definition) is 7. The van der Waals surface area contributed by atoms with E-state index in [0.29, 0.717) is 33.5 Å². The van der Waals surface area contributed by atoms with Gasteiger partial charge in [0, 0.05) is 44.1 Å². The number of halogens is 1. The molecule has 1 fully saturated rings. The molecule has 1 aromatic heterocycles. The molecule has 0 radical (unpaired) electrons. The topological polar surface area (TPSA) is 67.8 Å². The number of hydrogen-bond donors (Lipinski definition) is 0. The van der Waals surface area contributed by atoms with E-state index in [1.807, 2.05) is 54.4 Å². The molecule has 2 heterocycles. The molecule has 0 atom stereocenters. The minimum atomic E-state index is 0.112. The van der Waals surface area contributed by atoms with Crippen molar-refractivity contribution in [2.45, 2.75) is 36.6 Å². The molecule has 0 N–H and O–H groups in total. The van der Waals surface area contributed by atoms with E-state index in [9.17, 15) is 4.79 Å². The van der Waals surface area contributed by atoms with Crippen LogP contribution in [-0.4, -0.2) is 61.7 Å². The Morgan fingerprint density at radius 3 is 2.32 bits per heavy atom. The van der Waals surface area contributed by atoms with Crippen LogP contribution in [0.3, 0.4) is 0 Å². The Morgan fingerprint density at radius 1 is 0.909 bits per heavy atom. The molecule has 9 heteroatoms. The van der Waals surface area contributed by atoms with Crippen LogP contribution in [0.1, 0.15) is 39.9 Å². The van der Waals surface area contributed by atoms with Gasteiger partial charge in [0.2, 0.25) is 0 Å². The standard InChI is InChI=1S/C35H39ClN4O3S/c1-39(18-15-26-11-14-30(42-2)31(22-26)43-3)33-23-32(36)37-35(38-33)44-24-28-9-12-29(13-10-28)34(41)40-19-16-27(17-20-40)21-25-7-5-4-6-8-25/h4-14,22-23,27H,15-21,24H2,1-3H3. The van der Waals surface area contributed by atoms with Crippen molar-refractivity contribution < 1.29 is 14.3 Å². The molecular weight excluding hydrogens is 592 g/mol. The number of piperidine rings is 1. The predicted octanol–water partition coefficient (Wildman–Crippen LogP) is 7.21. The number of likely N-dealkylation sites (tertiary alicyclic amines) is 1. The summed E-state index contributed by atoms with van der Waals surface area (Å²) < 4.78 is 10.8. The lowest BCUT2D eigenvalue weighted by Crippen LogP contribution is -2.38. The molecule has 0 unspecified atom stereocenters. The molecule has 0 saturated carbocycles. The summed E-state index contributed by atoms with van der Waals surface area (Å²) in [4.78, 5) is 26.4. The van der Waals surface area contributed by atoms with Crippen molar-refractivity contribution in [3.05, 3.63) is 106 Å². The average Bonchev–Trinajstić information content (AvgIpc) is 3.06. The first kappa shape index (κ1) is 31.7. The Hall–Kier alpha value is -3.75. The summed E-state index contributed by atoms with van der Waals surface area (Å²) in [7, 11) is 5.27. The van der Waals surface area contributed by atoms with Crippen molar-refractivity contribution in [3.8, 4) is 11.5 Å². The second kappa shape index (κ2) is 15.3. The van der Waals surface area contributed by atoms with E-state index in [-0.39, 0.29) is 5.91 Å². The van der Waals surface area contributed by atoms with Gasteiger partial charge in [0.05, 0.1) is 14.2 Å². The van der Waals surface area contributed by atoms with Crippen LogP contribution in [0.5, 0.6) is 11.5 Å². The van der Waals surface area contributed by atoms with Gasteiger partial charge in [0.15, 0.2) is 16.7 Å². The van der Waals surface area contributed by atoms with Crippen LogP contribution in [0.15, 0.2) is 84.0 Å². The number of nitrogens with zero attached hydrogens (tertiary/aromatic N) is 4. The maximum absolute atomic E-state index is 13.2. The molecule has 7 nitrogen and oxygen atoms in total. The molecular formula is C35H39ClN4O3S. The molecule has 5 rings (SSSR count). The van der Waals surface area contributed by atoms with E-state index < -0.39 is 0 Å². The first-order valence-corrected chi connectivity index (χ1v) is 16.3. The minimum absolute atomic E-state index is 0.112. The lowest BCUT2D eigenvalue weighted by molar-refractivity contribution is 0.0690. The highest BCUT2D eigenvalue weighted by Gasteiger charge is 2.24. The number of benzene rings is 3. The van der Waals surface area contributed by atoms with Crippen molar-refractivity contribution in [2.75, 3.05) is 45.8 Å². The second-order valence-corrected chi connectivity index (χ2v) is 12.4. The van der Waals surface area contributed by atoms with E-state index in [2.05, 4.69) is 40.2 Å². The molecule has 0 spiro atoms. The highest BCUT2D eigenvalue weighted by atomic mass is 35.5. The fourth-order valence-corrected chi connectivity index (χ4v) is 6.49. The number of thioether (sulfide) groups is 1. The predicted molar refractivity (Wildman–Crippen MR) is 178 cm³/mol. The number of ether oxygens (including phenoxy) is 2. The lowest BCUT2D eigenvalue weighted by atomic mass is 9.90. The van der Waals surface area contributed by atoms with E-state index in [4.69, 9.17) is 26.1 Å². The van der Waals surface area contributed by atoms with Gasteiger partial charge in [-0.15, -0.1) is 0 Å². The smallest absolute Gasteiger partial charge is 0.253 e. The lowest BCUT2D eigenvalue weighted by Gasteiger charge is -2.32. The zero-order valence-electron chi connectivity index (χ0n) is 25.5. The molecule has 4 aromatic rings. The van der Waals surface area contributed by atoms with Gasteiger partial charge >= 0.3 is 0 Å². The third-order valence-corrected chi connectivity index (χ3v) is 9.19. The third-order valence-electron chi connectivity index (χ3n) is 8.07. The molecule has 1 amide bonds. The van der Waals surface area contributed by atoms with Crippen molar-refractivity contribution in [2.24, 2.45) is 5.92 Å². The van der Waals surface area contributed by atoms with Crippen LogP contribution in [0.25, 0.3) is 0 Å². The van der Waals surface area contributed by atoms with Gasteiger partial charge < -0.3 is 19.3 Å². The van der Waals surface area contributed by atoms with Crippen molar-refractivity contribution >= 4 is 35.1 Å². The average molecular weight is 631 g/mol. The number of likely N-dealkylation sites (N-methyl/N-ethyl adjacent to an activating group) is 1. The maximum atomic E-state index is 13.2. The zero-order chi connectivity index (χ0) is 30.9. The number of carbonyl (C=O) groups excluding carboxylic acids is 1. The molecule has 1 saturated heterocycles. The fourth-order valence-electron chi connectivity index (χ4n) is 5.45. The Bertz CT molecular complexity index is 1530. The second-order valence-electron chi connectivity index (χ2n) is 11.1. The molecule has 0 bridgehead atoms. The van der Waals surface area contributed by atoms with Gasteiger partial charge in [-0.1, -0.05) is 71.9 Å². The van der Waals surface area contributed by atoms with E-state index in [1.54, 1.807) is 20.3 Å². The van der Waals surface area contributed by atoms with Gasteiger partial charge in [-0.25, -0.2) is 9.97 Å². The summed E-state index contributed by atoms with van der Waals surface area (Å²) >= 11 is 7.91. The maximum Gasteiger partial charge on any atom is 0.253 e. The molecule has 1 aliphatic rings. The number of carbonyl (C=O) groups is 1. The number of methoxy groups -OCH3 is 2. The first-order valence-electron chi connectivity index (χ1n) is 14.9. The normalized spacial score (nSPS) is 13.5. The van der Waals surface area contributed by atoms with Gasteiger partial charge in [0.1, 0.15) is 11.0 Å². The van der Waals surface area contributed by atoms with Crippen molar-refractivity contribution in [3.63, 3.8) is 0 Å². The highest BCUT2D eigenvalue weighted by molar-refractivity contribution is 7.98. The van der Waals surface area contributed by atoms with Crippen LogP contribution in [0, 0.1) is 5.92 Å². The summed E-state index contributed by atoms with van der Waals surface area (Å²) in [5, 5.41) is 1.02. The molecule has 230 valence electrons. The van der Waals surface area contributed by atoms with Gasteiger partial charge in [-0.3, -0.25) is 4.79 Å². The Kier molecular flexibility index (Phi) is 11.0. The third kappa shape index (κ3) is 8.45. The van der Waals surface area contributed by atoms with Gasteiger partial charge in [0.25, 0.3) is 5.91 Å². The number of rotatable bonds is 12. The van der Waals surface area contributed by atoms with Gasteiger partial charge in [-0.05, 0) is 72.6 Å². The SMILES string of the molecule is COc1ccc(CCN(C)c2cc(Cl)nc(SCc3ccc(C(=O)N4CCC(Cc5ccccc5)CC4)cc3)n2)cc1OC. The Labute approximate surface area is 269 Å². The van der Waals surface area contributed by atoms with Crippen LogP contribution < -0.4 is 14.4 Å². The molecule has 0 aliphatic carbocycles. The quantitative estimate of drug-likeness (QED) is 0.0930. The zero-order valence-corrected chi connectivity index (χ0v) is 27.1. The van der Waals surface area contributed by atoms with Crippen LogP contribution in [-0.2, 0) is 18.6 Å². The first-order chi connectivity index (χ1) is 21.4. The summed E-state index contributed by atoms with van der Waals surface area (Å²) in [6.45, 7) is 2.36. The largest absolute Gasteiger partial charge is 0.493 e.